The van der Waals surface area contributed by atoms with Crippen molar-refractivity contribution in [2.75, 3.05) is 13.1 Å². The molecule has 0 aromatic carbocycles. The van der Waals surface area contributed by atoms with Gasteiger partial charge >= 0.3 is 0 Å². The third-order valence-corrected chi connectivity index (χ3v) is 3.69. The van der Waals surface area contributed by atoms with Crippen LogP contribution in [0.15, 0.2) is 21.2 Å². The third kappa shape index (κ3) is 3.00. The second-order valence-electron chi connectivity index (χ2n) is 3.87. The lowest BCUT2D eigenvalue weighted by molar-refractivity contribution is 0.322. The quantitative estimate of drug-likeness (QED) is 0.901. The Bertz CT molecular complexity index is 357. The van der Waals surface area contributed by atoms with Crippen molar-refractivity contribution in [2.45, 2.75) is 19.0 Å². The summed E-state index contributed by atoms with van der Waals surface area (Å²) in [7, 11) is 0. The Balaban J connectivity index is 2.04. The average molecular weight is 335 g/mol. The minimum atomic E-state index is 0.333. The molecule has 15 heavy (non-hydrogen) atoms. The number of nitrogens with two attached hydrogens (primary N) is 1. The first-order valence-corrected chi connectivity index (χ1v) is 6.51. The van der Waals surface area contributed by atoms with Crippen molar-refractivity contribution in [1.29, 1.82) is 0 Å². The molecule has 1 fully saturated rings. The van der Waals surface area contributed by atoms with Gasteiger partial charge in [-0.05, 0) is 44.3 Å². The van der Waals surface area contributed by atoms with Crippen molar-refractivity contribution >= 4 is 31.9 Å². The van der Waals surface area contributed by atoms with E-state index in [1.54, 1.807) is 0 Å². The smallest absolute Gasteiger partial charge is 0.0686 e. The van der Waals surface area contributed by atoms with Crippen molar-refractivity contribution < 1.29 is 0 Å². The monoisotopic (exact) mass is 333 g/mol. The molecule has 0 aliphatic carbocycles. The molecular formula is C10H13Br2N3. The number of hydrogen-bond donors (Lipinski definition) is 1. The van der Waals surface area contributed by atoms with E-state index in [0.717, 1.165) is 40.7 Å². The molecule has 1 aliphatic heterocycles. The third-order valence-electron chi connectivity index (χ3n) is 2.57. The maximum Gasteiger partial charge on any atom is 0.0686 e. The number of aromatic nitrogens is 1. The first-order chi connectivity index (χ1) is 7.15. The van der Waals surface area contributed by atoms with Gasteiger partial charge in [0.2, 0.25) is 0 Å². The summed E-state index contributed by atoms with van der Waals surface area (Å²) in [6.45, 7) is 2.93. The summed E-state index contributed by atoms with van der Waals surface area (Å²) in [5.74, 6) is 0. The first kappa shape index (κ1) is 11.5. The Morgan fingerprint density at radius 3 is 2.93 bits per heavy atom. The van der Waals surface area contributed by atoms with E-state index in [1.807, 2.05) is 12.3 Å². The summed E-state index contributed by atoms with van der Waals surface area (Å²) < 4.78 is 2.05. The fourth-order valence-corrected chi connectivity index (χ4v) is 2.89. The molecule has 82 valence electrons. The highest BCUT2D eigenvalue weighted by atomic mass is 79.9. The van der Waals surface area contributed by atoms with Gasteiger partial charge in [0, 0.05) is 40.8 Å². The van der Waals surface area contributed by atoms with Gasteiger partial charge in [-0.15, -0.1) is 0 Å². The number of pyridine rings is 1. The zero-order chi connectivity index (χ0) is 10.8. The van der Waals surface area contributed by atoms with Gasteiger partial charge in [-0.2, -0.15) is 0 Å². The molecule has 1 aliphatic rings. The van der Waals surface area contributed by atoms with E-state index in [2.05, 4.69) is 41.7 Å². The SMILES string of the molecule is N[C@@H]1CCN(Cc2ncc(Br)cc2Br)C1. The largest absolute Gasteiger partial charge is 0.326 e. The standard InChI is InChI=1S/C10H13Br2N3/c11-7-3-9(12)10(14-4-7)6-15-2-1-8(13)5-15/h3-4,8H,1-2,5-6,13H2/t8-/m1/s1. The number of rotatable bonds is 2. The van der Waals surface area contributed by atoms with Crippen LogP contribution in [0.2, 0.25) is 0 Å². The molecule has 2 rings (SSSR count). The van der Waals surface area contributed by atoms with Crippen molar-refractivity contribution in [2.24, 2.45) is 5.73 Å². The Morgan fingerprint density at radius 1 is 1.53 bits per heavy atom. The van der Waals surface area contributed by atoms with Crippen molar-refractivity contribution in [3.8, 4) is 0 Å². The van der Waals surface area contributed by atoms with Crippen LogP contribution in [-0.2, 0) is 6.54 Å². The summed E-state index contributed by atoms with van der Waals surface area (Å²) >= 11 is 6.91. The summed E-state index contributed by atoms with van der Waals surface area (Å²) in [6, 6.07) is 2.36. The van der Waals surface area contributed by atoms with Gasteiger partial charge in [-0.3, -0.25) is 9.88 Å². The lowest BCUT2D eigenvalue weighted by Gasteiger charge is -2.15. The molecule has 3 nitrogen and oxygen atoms in total. The lowest BCUT2D eigenvalue weighted by atomic mass is 10.3. The molecule has 2 N–H and O–H groups in total. The normalized spacial score (nSPS) is 22.2. The van der Waals surface area contributed by atoms with Gasteiger partial charge < -0.3 is 5.73 Å². The summed E-state index contributed by atoms with van der Waals surface area (Å²) in [5, 5.41) is 0. The molecule has 0 radical (unpaired) electrons. The maximum atomic E-state index is 5.86. The minimum absolute atomic E-state index is 0.333. The summed E-state index contributed by atoms with van der Waals surface area (Å²) in [4.78, 5) is 6.73. The molecule has 5 heteroatoms. The van der Waals surface area contributed by atoms with Gasteiger partial charge in [0.15, 0.2) is 0 Å². The second-order valence-corrected chi connectivity index (χ2v) is 5.64. The molecule has 0 amide bonds. The highest BCUT2D eigenvalue weighted by molar-refractivity contribution is 9.11. The van der Waals surface area contributed by atoms with E-state index in [9.17, 15) is 0 Å². The molecule has 1 saturated heterocycles. The average Bonchev–Trinajstić information content (AvgIpc) is 2.56. The van der Waals surface area contributed by atoms with Gasteiger partial charge in [-0.1, -0.05) is 0 Å². The van der Waals surface area contributed by atoms with Gasteiger partial charge in [0.1, 0.15) is 0 Å². The number of nitrogens with zero attached hydrogens (tertiary/aromatic N) is 2. The second kappa shape index (κ2) is 4.91. The van der Waals surface area contributed by atoms with Crippen molar-refractivity contribution in [1.82, 2.24) is 9.88 Å². The minimum Gasteiger partial charge on any atom is -0.326 e. The molecule has 2 heterocycles. The van der Waals surface area contributed by atoms with E-state index < -0.39 is 0 Å². The number of likely N-dealkylation sites (tertiary alicyclic amines) is 1. The lowest BCUT2D eigenvalue weighted by Crippen LogP contribution is -2.26. The zero-order valence-electron chi connectivity index (χ0n) is 8.29. The molecule has 0 unspecified atom stereocenters. The fraction of sp³-hybridized carbons (Fsp3) is 0.500. The van der Waals surface area contributed by atoms with E-state index in [4.69, 9.17) is 5.73 Å². The first-order valence-electron chi connectivity index (χ1n) is 4.93. The molecule has 0 spiro atoms. The van der Waals surface area contributed by atoms with E-state index in [0.29, 0.717) is 6.04 Å². The van der Waals surface area contributed by atoms with Gasteiger partial charge in [0.05, 0.1) is 5.69 Å². The molecule has 1 atom stereocenters. The van der Waals surface area contributed by atoms with Crippen LogP contribution in [0.3, 0.4) is 0 Å². The van der Waals surface area contributed by atoms with Crippen LogP contribution in [0.5, 0.6) is 0 Å². The number of hydrogen-bond acceptors (Lipinski definition) is 3. The fourth-order valence-electron chi connectivity index (χ4n) is 1.78. The van der Waals surface area contributed by atoms with Crippen LogP contribution in [0, 0.1) is 0 Å². The molecule has 0 saturated carbocycles. The van der Waals surface area contributed by atoms with E-state index in [-0.39, 0.29) is 0 Å². The van der Waals surface area contributed by atoms with E-state index >= 15 is 0 Å². The van der Waals surface area contributed by atoms with Crippen LogP contribution in [-0.4, -0.2) is 29.0 Å². The predicted molar refractivity (Wildman–Crippen MR) is 67.5 cm³/mol. The number of halogens is 2. The van der Waals surface area contributed by atoms with Crippen LogP contribution in [0.1, 0.15) is 12.1 Å². The van der Waals surface area contributed by atoms with Gasteiger partial charge in [-0.25, -0.2) is 0 Å². The molecular weight excluding hydrogens is 322 g/mol. The van der Waals surface area contributed by atoms with Crippen LogP contribution < -0.4 is 5.73 Å². The molecule has 1 aromatic rings. The topological polar surface area (TPSA) is 42.1 Å². The highest BCUT2D eigenvalue weighted by Crippen LogP contribution is 2.21. The Morgan fingerprint density at radius 2 is 2.33 bits per heavy atom. The Labute approximate surface area is 106 Å². The van der Waals surface area contributed by atoms with Crippen LogP contribution in [0.25, 0.3) is 0 Å². The Kier molecular flexibility index (Phi) is 3.77. The summed E-state index contributed by atoms with van der Waals surface area (Å²) in [5.41, 5.74) is 6.94. The Hall–Kier alpha value is 0.0300. The molecule has 1 aromatic heterocycles. The van der Waals surface area contributed by atoms with Crippen LogP contribution in [0.4, 0.5) is 0 Å². The summed E-state index contributed by atoms with van der Waals surface area (Å²) in [6.07, 6.45) is 2.92. The highest BCUT2D eigenvalue weighted by Gasteiger charge is 2.19. The molecule has 0 bridgehead atoms. The maximum absolute atomic E-state index is 5.86. The predicted octanol–water partition coefficient (Wildman–Crippen LogP) is 2.14. The zero-order valence-corrected chi connectivity index (χ0v) is 11.5. The van der Waals surface area contributed by atoms with E-state index in [1.165, 1.54) is 0 Å². The van der Waals surface area contributed by atoms with Gasteiger partial charge in [0.25, 0.3) is 0 Å². The van der Waals surface area contributed by atoms with Crippen LogP contribution >= 0.6 is 31.9 Å². The van der Waals surface area contributed by atoms with Crippen molar-refractivity contribution in [3.05, 3.63) is 26.9 Å². The van der Waals surface area contributed by atoms with Crippen molar-refractivity contribution in [3.63, 3.8) is 0 Å².